The standard InChI is InChI=1S/C19H25N5O/c20-12-14-4-3-5-16(14)19(25)21-15-9-7-13(8-10-15)18-23-22-17-6-1-2-11-24(17)18/h7-10,14,16H,1-6,11-12,20H2,(H,21,25)/t14-,16-/m1/s1. The summed E-state index contributed by atoms with van der Waals surface area (Å²) in [4.78, 5) is 12.5. The molecule has 1 aliphatic carbocycles. The molecule has 2 aromatic rings. The largest absolute Gasteiger partial charge is 0.330 e. The lowest BCUT2D eigenvalue weighted by Crippen LogP contribution is -2.29. The van der Waals surface area contributed by atoms with Crippen molar-refractivity contribution in [1.82, 2.24) is 14.8 Å². The Balaban J connectivity index is 1.47. The van der Waals surface area contributed by atoms with Gasteiger partial charge in [-0.15, -0.1) is 10.2 Å². The first-order valence-electron chi connectivity index (χ1n) is 9.29. The number of anilines is 1. The molecular weight excluding hydrogens is 314 g/mol. The lowest BCUT2D eigenvalue weighted by molar-refractivity contribution is -0.120. The molecule has 25 heavy (non-hydrogen) atoms. The number of hydrogen-bond donors (Lipinski definition) is 2. The Bertz CT molecular complexity index is 752. The van der Waals surface area contributed by atoms with E-state index in [0.717, 1.165) is 55.1 Å². The lowest BCUT2D eigenvalue weighted by Gasteiger charge is -2.17. The van der Waals surface area contributed by atoms with E-state index in [2.05, 4.69) is 20.1 Å². The van der Waals surface area contributed by atoms with Gasteiger partial charge in [-0.25, -0.2) is 0 Å². The molecule has 1 aromatic carbocycles. The van der Waals surface area contributed by atoms with Crippen LogP contribution in [0.1, 0.15) is 37.9 Å². The first kappa shape index (κ1) is 16.3. The van der Waals surface area contributed by atoms with E-state index < -0.39 is 0 Å². The van der Waals surface area contributed by atoms with Gasteiger partial charge in [0, 0.05) is 30.1 Å². The van der Waals surface area contributed by atoms with E-state index in [0.29, 0.717) is 12.5 Å². The summed E-state index contributed by atoms with van der Waals surface area (Å²) < 4.78 is 2.21. The van der Waals surface area contributed by atoms with Gasteiger partial charge >= 0.3 is 0 Å². The van der Waals surface area contributed by atoms with Crippen LogP contribution in [0.5, 0.6) is 0 Å². The summed E-state index contributed by atoms with van der Waals surface area (Å²) in [7, 11) is 0. The quantitative estimate of drug-likeness (QED) is 0.896. The third-order valence-electron chi connectivity index (χ3n) is 5.57. The van der Waals surface area contributed by atoms with Crippen molar-refractivity contribution in [3.8, 4) is 11.4 Å². The molecule has 0 unspecified atom stereocenters. The van der Waals surface area contributed by atoms with Crippen molar-refractivity contribution in [2.45, 2.75) is 45.1 Å². The van der Waals surface area contributed by atoms with Crippen LogP contribution in [0.2, 0.25) is 0 Å². The van der Waals surface area contributed by atoms with Gasteiger partial charge < -0.3 is 15.6 Å². The number of carbonyl (C=O) groups is 1. The Kier molecular flexibility index (Phi) is 4.53. The minimum atomic E-state index is 0.0493. The predicted octanol–water partition coefficient (Wildman–Crippen LogP) is 2.59. The van der Waals surface area contributed by atoms with Crippen molar-refractivity contribution in [1.29, 1.82) is 0 Å². The number of amides is 1. The van der Waals surface area contributed by atoms with Crippen molar-refractivity contribution in [2.24, 2.45) is 17.6 Å². The summed E-state index contributed by atoms with van der Waals surface area (Å²) in [5.74, 6) is 2.47. The number of aromatic nitrogens is 3. The second kappa shape index (κ2) is 6.96. The van der Waals surface area contributed by atoms with Gasteiger partial charge in [0.1, 0.15) is 5.82 Å². The number of carbonyl (C=O) groups excluding carboxylic acids is 1. The number of nitrogens with zero attached hydrogens (tertiary/aromatic N) is 3. The molecule has 1 fully saturated rings. The number of nitrogens with one attached hydrogen (secondary N) is 1. The molecular formula is C19H25N5O. The summed E-state index contributed by atoms with van der Waals surface area (Å²) in [5, 5.41) is 11.7. The lowest BCUT2D eigenvalue weighted by atomic mass is 9.95. The molecule has 0 saturated heterocycles. The summed E-state index contributed by atoms with van der Waals surface area (Å²) in [6, 6.07) is 7.92. The van der Waals surface area contributed by atoms with Crippen molar-refractivity contribution < 1.29 is 4.79 Å². The number of fused-ring (bicyclic) bond motifs is 1. The highest BCUT2D eigenvalue weighted by Crippen LogP contribution is 2.32. The molecule has 0 spiro atoms. The molecule has 4 rings (SSSR count). The molecule has 1 amide bonds. The number of hydrogen-bond acceptors (Lipinski definition) is 4. The van der Waals surface area contributed by atoms with E-state index in [1.807, 2.05) is 24.3 Å². The Hall–Kier alpha value is -2.21. The van der Waals surface area contributed by atoms with Gasteiger partial charge in [-0.2, -0.15) is 0 Å². The molecule has 1 aromatic heterocycles. The average Bonchev–Trinajstić information content (AvgIpc) is 3.29. The van der Waals surface area contributed by atoms with Crippen LogP contribution in [0, 0.1) is 11.8 Å². The van der Waals surface area contributed by atoms with E-state index in [1.54, 1.807) is 0 Å². The van der Waals surface area contributed by atoms with Crippen LogP contribution < -0.4 is 11.1 Å². The summed E-state index contributed by atoms with van der Waals surface area (Å²) in [6.45, 7) is 1.58. The Labute approximate surface area is 147 Å². The third kappa shape index (κ3) is 3.18. The van der Waals surface area contributed by atoms with Crippen molar-refractivity contribution in [2.75, 3.05) is 11.9 Å². The Morgan fingerprint density at radius 1 is 1.16 bits per heavy atom. The summed E-state index contributed by atoms with van der Waals surface area (Å²) in [6.07, 6.45) is 6.47. The van der Waals surface area contributed by atoms with Gasteiger partial charge in [0.25, 0.3) is 0 Å². The highest BCUT2D eigenvalue weighted by atomic mass is 16.1. The second-order valence-electron chi connectivity index (χ2n) is 7.15. The van der Waals surface area contributed by atoms with Crippen LogP contribution >= 0.6 is 0 Å². The van der Waals surface area contributed by atoms with Gasteiger partial charge in [0.15, 0.2) is 5.82 Å². The molecule has 2 aliphatic rings. The highest BCUT2D eigenvalue weighted by Gasteiger charge is 2.31. The van der Waals surface area contributed by atoms with Crippen LogP contribution in [-0.2, 0) is 17.8 Å². The first-order chi connectivity index (χ1) is 12.3. The predicted molar refractivity (Wildman–Crippen MR) is 96.9 cm³/mol. The van der Waals surface area contributed by atoms with Gasteiger partial charge in [-0.05, 0) is 62.4 Å². The van der Waals surface area contributed by atoms with Crippen LogP contribution in [0.4, 0.5) is 5.69 Å². The molecule has 132 valence electrons. The molecule has 6 nitrogen and oxygen atoms in total. The first-order valence-corrected chi connectivity index (χ1v) is 9.29. The molecule has 1 saturated carbocycles. The van der Waals surface area contributed by atoms with E-state index in [9.17, 15) is 4.79 Å². The topological polar surface area (TPSA) is 85.8 Å². The minimum Gasteiger partial charge on any atom is -0.330 e. The second-order valence-corrected chi connectivity index (χ2v) is 7.15. The number of rotatable bonds is 4. The third-order valence-corrected chi connectivity index (χ3v) is 5.57. The molecule has 1 aliphatic heterocycles. The zero-order valence-corrected chi connectivity index (χ0v) is 14.4. The van der Waals surface area contributed by atoms with E-state index >= 15 is 0 Å². The molecule has 3 N–H and O–H groups in total. The Morgan fingerprint density at radius 2 is 2.00 bits per heavy atom. The van der Waals surface area contributed by atoms with Gasteiger partial charge in [-0.1, -0.05) is 6.42 Å². The number of aryl methyl sites for hydroxylation is 1. The summed E-state index contributed by atoms with van der Waals surface area (Å²) >= 11 is 0. The molecule has 0 radical (unpaired) electrons. The fraction of sp³-hybridized carbons (Fsp3) is 0.526. The van der Waals surface area contributed by atoms with E-state index in [-0.39, 0.29) is 11.8 Å². The minimum absolute atomic E-state index is 0.0493. The van der Waals surface area contributed by atoms with Gasteiger partial charge in [-0.3, -0.25) is 4.79 Å². The fourth-order valence-corrected chi connectivity index (χ4v) is 4.12. The number of benzene rings is 1. The van der Waals surface area contributed by atoms with Gasteiger partial charge in [0.05, 0.1) is 0 Å². The maximum atomic E-state index is 12.5. The number of nitrogens with two attached hydrogens (primary N) is 1. The van der Waals surface area contributed by atoms with Crippen LogP contribution in [0.15, 0.2) is 24.3 Å². The average molecular weight is 339 g/mol. The molecule has 2 atom stereocenters. The smallest absolute Gasteiger partial charge is 0.227 e. The SMILES string of the molecule is NC[C@H]1CCC[C@H]1C(=O)Nc1ccc(-c2nnc3n2CCCC3)cc1. The molecule has 6 heteroatoms. The van der Waals surface area contributed by atoms with E-state index in [1.165, 1.54) is 12.8 Å². The maximum Gasteiger partial charge on any atom is 0.227 e. The van der Waals surface area contributed by atoms with E-state index in [4.69, 9.17) is 5.73 Å². The fourth-order valence-electron chi connectivity index (χ4n) is 4.12. The highest BCUT2D eigenvalue weighted by molar-refractivity contribution is 5.93. The van der Waals surface area contributed by atoms with Crippen molar-refractivity contribution >= 4 is 11.6 Å². The van der Waals surface area contributed by atoms with Crippen molar-refractivity contribution in [3.05, 3.63) is 30.1 Å². The van der Waals surface area contributed by atoms with Crippen LogP contribution in [0.25, 0.3) is 11.4 Å². The zero-order valence-electron chi connectivity index (χ0n) is 14.4. The monoisotopic (exact) mass is 339 g/mol. The van der Waals surface area contributed by atoms with Gasteiger partial charge in [0.2, 0.25) is 5.91 Å². The maximum absolute atomic E-state index is 12.5. The zero-order chi connectivity index (χ0) is 17.2. The molecule has 2 heterocycles. The van der Waals surface area contributed by atoms with Crippen LogP contribution in [-0.4, -0.2) is 27.2 Å². The normalized spacial score (nSPS) is 22.6. The summed E-state index contributed by atoms with van der Waals surface area (Å²) in [5.41, 5.74) is 7.66. The van der Waals surface area contributed by atoms with Crippen molar-refractivity contribution in [3.63, 3.8) is 0 Å². The molecule has 0 bridgehead atoms. The van der Waals surface area contributed by atoms with Crippen LogP contribution in [0.3, 0.4) is 0 Å². The Morgan fingerprint density at radius 3 is 2.80 bits per heavy atom.